The van der Waals surface area contributed by atoms with Gasteiger partial charge in [0.25, 0.3) is 0 Å². The van der Waals surface area contributed by atoms with Gasteiger partial charge in [0.05, 0.1) is 19.0 Å². The molecule has 0 aliphatic carbocycles. The summed E-state index contributed by atoms with van der Waals surface area (Å²) < 4.78 is 2.28. The van der Waals surface area contributed by atoms with Gasteiger partial charge in [0.1, 0.15) is 7.05 Å². The Bertz CT molecular complexity index is 1250. The van der Waals surface area contributed by atoms with Crippen molar-refractivity contribution in [2.24, 2.45) is 7.05 Å². The number of fused-ring (bicyclic) bond motifs is 1. The lowest BCUT2D eigenvalue weighted by molar-refractivity contribution is -0.659. The zero-order chi connectivity index (χ0) is 22.3. The molecule has 1 aromatic heterocycles. The Morgan fingerprint density at radius 2 is 1.52 bits per heavy atom. The van der Waals surface area contributed by atoms with Crippen LogP contribution in [0.4, 0.5) is 0 Å². The van der Waals surface area contributed by atoms with Gasteiger partial charge < -0.3 is 0 Å². The largest absolute Gasteiger partial charge is 0.220 e. The van der Waals surface area contributed by atoms with E-state index < -0.39 is 8.07 Å². The van der Waals surface area contributed by atoms with Gasteiger partial charge >= 0.3 is 0 Å². The number of aromatic nitrogens is 1. The highest BCUT2D eigenvalue weighted by Crippen LogP contribution is 2.34. The fourth-order valence-electron chi connectivity index (χ4n) is 4.34. The second kappa shape index (κ2) is 8.09. The van der Waals surface area contributed by atoms with E-state index in [1.807, 2.05) is 0 Å². The topological polar surface area (TPSA) is 3.88 Å². The highest BCUT2D eigenvalue weighted by molar-refractivity contribution is 6.91. The Morgan fingerprint density at radius 3 is 2.19 bits per heavy atom. The van der Waals surface area contributed by atoms with Gasteiger partial charge in [0, 0.05) is 6.07 Å². The molecular weight excluding hydrogens is 390 g/mol. The molecule has 0 spiro atoms. The standard InChI is InChI=1S/C29H34NSi/c1-20(2)31(6,7)26-13-14-27-24(18-26)15-16-30(5)29(27)28-19-25(17-21(3)22(28)4)23-11-9-8-10-12-23/h8-20H,1-7H3/q+1. The van der Waals surface area contributed by atoms with Gasteiger partial charge in [-0.15, -0.1) is 0 Å². The third-order valence-corrected chi connectivity index (χ3v) is 12.0. The molecule has 0 N–H and O–H groups in total. The normalized spacial score (nSPS) is 12.0. The summed E-state index contributed by atoms with van der Waals surface area (Å²) in [6.45, 7) is 14.2. The molecule has 1 heterocycles. The average Bonchev–Trinajstić information content (AvgIpc) is 2.76. The lowest BCUT2D eigenvalue weighted by Crippen LogP contribution is -2.44. The first kappa shape index (κ1) is 21.5. The van der Waals surface area contributed by atoms with Crippen LogP contribution < -0.4 is 9.75 Å². The van der Waals surface area contributed by atoms with Gasteiger partial charge in [-0.05, 0) is 59.2 Å². The van der Waals surface area contributed by atoms with Gasteiger partial charge in [0.2, 0.25) is 5.69 Å². The zero-order valence-electron chi connectivity index (χ0n) is 20.0. The van der Waals surface area contributed by atoms with Crippen molar-refractivity contribution in [3.63, 3.8) is 0 Å². The van der Waals surface area contributed by atoms with E-state index in [2.05, 4.69) is 125 Å². The maximum absolute atomic E-state index is 2.49. The van der Waals surface area contributed by atoms with Crippen LogP contribution in [0.15, 0.2) is 72.9 Å². The lowest BCUT2D eigenvalue weighted by Gasteiger charge is -2.27. The van der Waals surface area contributed by atoms with E-state index in [1.54, 1.807) is 5.19 Å². The Kier molecular flexibility index (Phi) is 5.61. The molecule has 2 heteroatoms. The predicted molar refractivity (Wildman–Crippen MR) is 138 cm³/mol. The second-order valence-corrected chi connectivity index (χ2v) is 15.0. The molecule has 0 saturated heterocycles. The molecule has 158 valence electrons. The SMILES string of the molecule is Cc1cc(-c2ccccc2)cc(-c2c3ccc([Si](C)(C)C(C)C)cc3cc[n+]2C)c1C. The number of hydrogen-bond donors (Lipinski definition) is 0. The number of pyridine rings is 1. The average molecular weight is 425 g/mol. The molecule has 4 aromatic rings. The molecule has 3 aromatic carbocycles. The maximum atomic E-state index is 2.49. The fourth-order valence-corrected chi connectivity index (χ4v) is 6.05. The minimum Gasteiger partial charge on any atom is -0.200 e. The summed E-state index contributed by atoms with van der Waals surface area (Å²) in [5.41, 5.74) is 8.56. The minimum absolute atomic E-state index is 0.719. The number of aryl methyl sites for hydroxylation is 2. The zero-order valence-corrected chi connectivity index (χ0v) is 21.0. The molecule has 1 nitrogen and oxygen atoms in total. The van der Waals surface area contributed by atoms with Crippen LogP contribution in [-0.4, -0.2) is 8.07 Å². The Labute approximate surface area is 188 Å². The Balaban J connectivity index is 1.96. The van der Waals surface area contributed by atoms with Gasteiger partial charge in [0.15, 0.2) is 6.20 Å². The van der Waals surface area contributed by atoms with Crippen LogP contribution in [0.5, 0.6) is 0 Å². The van der Waals surface area contributed by atoms with Crippen LogP contribution in [0.1, 0.15) is 25.0 Å². The number of benzene rings is 3. The molecule has 0 unspecified atom stereocenters. The summed E-state index contributed by atoms with van der Waals surface area (Å²) in [6, 6.07) is 24.9. The van der Waals surface area contributed by atoms with Crippen LogP contribution in [-0.2, 0) is 7.05 Å². The van der Waals surface area contributed by atoms with Crippen LogP contribution in [0.3, 0.4) is 0 Å². The molecule has 0 atom stereocenters. The first-order chi connectivity index (χ1) is 14.7. The molecule has 31 heavy (non-hydrogen) atoms. The lowest BCUT2D eigenvalue weighted by atomic mass is 9.92. The van der Waals surface area contributed by atoms with E-state index in [9.17, 15) is 0 Å². The van der Waals surface area contributed by atoms with Crippen molar-refractivity contribution in [2.45, 2.75) is 46.3 Å². The maximum Gasteiger partial charge on any atom is 0.220 e. The molecule has 0 fully saturated rings. The predicted octanol–water partition coefficient (Wildman–Crippen LogP) is 6.94. The van der Waals surface area contributed by atoms with Crippen molar-refractivity contribution in [1.29, 1.82) is 0 Å². The number of hydrogen-bond acceptors (Lipinski definition) is 0. The Hall–Kier alpha value is -2.71. The first-order valence-corrected chi connectivity index (χ1v) is 14.4. The van der Waals surface area contributed by atoms with Crippen molar-refractivity contribution in [3.8, 4) is 22.4 Å². The van der Waals surface area contributed by atoms with Crippen LogP contribution in [0.25, 0.3) is 33.2 Å². The van der Waals surface area contributed by atoms with Gasteiger partial charge in [-0.25, -0.2) is 4.57 Å². The summed E-state index contributed by atoms with van der Waals surface area (Å²) in [5, 5.41) is 4.21. The van der Waals surface area contributed by atoms with E-state index >= 15 is 0 Å². The molecule has 0 bridgehead atoms. The van der Waals surface area contributed by atoms with Crippen LogP contribution >= 0.6 is 0 Å². The summed E-state index contributed by atoms with van der Waals surface area (Å²) in [4.78, 5) is 0. The number of rotatable bonds is 4. The molecule has 0 saturated carbocycles. The first-order valence-electron chi connectivity index (χ1n) is 11.3. The van der Waals surface area contributed by atoms with Crippen LogP contribution in [0.2, 0.25) is 18.6 Å². The van der Waals surface area contributed by atoms with E-state index in [1.165, 1.54) is 44.3 Å². The van der Waals surface area contributed by atoms with Crippen molar-refractivity contribution < 1.29 is 4.57 Å². The smallest absolute Gasteiger partial charge is 0.200 e. The van der Waals surface area contributed by atoms with Gasteiger partial charge in [-0.1, -0.05) is 80.7 Å². The van der Waals surface area contributed by atoms with Crippen molar-refractivity contribution in [2.75, 3.05) is 0 Å². The molecule has 0 aliphatic heterocycles. The monoisotopic (exact) mass is 424 g/mol. The fraction of sp³-hybridized carbons (Fsp3) is 0.276. The molecule has 0 radical (unpaired) electrons. The molecule has 0 amide bonds. The van der Waals surface area contributed by atoms with Crippen molar-refractivity contribution >= 4 is 24.0 Å². The summed E-state index contributed by atoms with van der Waals surface area (Å²) in [7, 11) is 0.702. The van der Waals surface area contributed by atoms with E-state index in [0.29, 0.717) is 0 Å². The summed E-state index contributed by atoms with van der Waals surface area (Å²) in [5.74, 6) is 0. The molecular formula is C29H34NSi+. The summed E-state index contributed by atoms with van der Waals surface area (Å²) >= 11 is 0. The summed E-state index contributed by atoms with van der Waals surface area (Å²) in [6.07, 6.45) is 2.22. The van der Waals surface area contributed by atoms with Crippen molar-refractivity contribution in [1.82, 2.24) is 0 Å². The quantitative estimate of drug-likeness (QED) is 0.247. The minimum atomic E-state index is -1.46. The van der Waals surface area contributed by atoms with Crippen molar-refractivity contribution in [3.05, 3.63) is 84.1 Å². The highest BCUT2D eigenvalue weighted by atomic mass is 28.3. The van der Waals surface area contributed by atoms with E-state index in [4.69, 9.17) is 0 Å². The second-order valence-electron chi connectivity index (χ2n) is 9.79. The van der Waals surface area contributed by atoms with E-state index in [-0.39, 0.29) is 0 Å². The third kappa shape index (κ3) is 3.85. The van der Waals surface area contributed by atoms with Crippen LogP contribution in [0, 0.1) is 13.8 Å². The molecule has 0 aliphatic rings. The van der Waals surface area contributed by atoms with Gasteiger partial charge in [-0.2, -0.15) is 0 Å². The van der Waals surface area contributed by atoms with E-state index in [0.717, 1.165) is 5.54 Å². The third-order valence-electron chi connectivity index (χ3n) is 7.35. The Morgan fingerprint density at radius 1 is 0.806 bits per heavy atom. The number of nitrogens with zero attached hydrogens (tertiary/aromatic N) is 1. The molecule has 4 rings (SSSR count). The highest BCUT2D eigenvalue weighted by Gasteiger charge is 2.28. The van der Waals surface area contributed by atoms with Gasteiger partial charge in [-0.3, -0.25) is 0 Å².